The van der Waals surface area contributed by atoms with Gasteiger partial charge in [0.25, 0.3) is 5.91 Å². The van der Waals surface area contributed by atoms with Crippen LogP contribution in [0.15, 0.2) is 48.6 Å². The molecule has 2 N–H and O–H groups in total. The molecule has 1 aromatic rings. The summed E-state index contributed by atoms with van der Waals surface area (Å²) in [6.45, 7) is 2.21. The molecule has 0 saturated carbocycles. The summed E-state index contributed by atoms with van der Waals surface area (Å²) in [5.74, 6) is -2.69. The lowest BCUT2D eigenvalue weighted by Crippen LogP contribution is -2.56. The first-order chi connectivity index (χ1) is 19.8. The van der Waals surface area contributed by atoms with Crippen LogP contribution in [-0.2, 0) is 28.7 Å². The summed E-state index contributed by atoms with van der Waals surface area (Å²) in [6.07, 6.45) is 7.51. The molecule has 0 radical (unpaired) electrons. The number of carbonyl (C=O) groups excluding carboxylic acids is 4. The Morgan fingerprint density at radius 2 is 1.88 bits per heavy atom. The van der Waals surface area contributed by atoms with E-state index in [9.17, 15) is 24.3 Å². The number of likely N-dealkylation sites (tertiary alicyclic amines) is 1. The van der Waals surface area contributed by atoms with E-state index in [1.807, 2.05) is 12.2 Å². The first kappa shape index (κ1) is 28.8. The lowest BCUT2D eigenvalue weighted by Gasteiger charge is -2.36. The Bertz CT molecular complexity index is 1230. The summed E-state index contributed by atoms with van der Waals surface area (Å²) in [4.78, 5) is 57.5. The van der Waals surface area contributed by atoms with Crippen molar-refractivity contribution in [2.24, 2.45) is 11.8 Å². The van der Waals surface area contributed by atoms with Gasteiger partial charge in [-0.15, -0.1) is 0 Å². The molecule has 0 aliphatic carbocycles. The molecular formula is C30H37N3O8. The molecule has 1 spiro atoms. The van der Waals surface area contributed by atoms with E-state index in [0.29, 0.717) is 30.7 Å². The second-order valence-corrected chi connectivity index (χ2v) is 10.9. The van der Waals surface area contributed by atoms with Crippen LogP contribution >= 0.6 is 0 Å². The van der Waals surface area contributed by atoms with Gasteiger partial charge in [-0.3, -0.25) is 19.2 Å². The standard InChI is InChI=1S/C30H37N3O8/c1-19-18-31-23(35)8-4-3-5-15-32(20-9-11-21(39-2)12-10-20)28(37)26-30-14-13-22(41-30)24(29(38)40-19)25(30)27(36)33(26)16-6-7-17-34/h3,5,9-14,19,22,24-26,34H,4,6-8,15-18H2,1-2H3,(H,31,35)/b5-3-/t19-,22+,24-,25-,26+,30-/m1/s1. The molecular weight excluding hydrogens is 530 g/mol. The number of allylic oxidation sites excluding steroid dienone is 1. The van der Waals surface area contributed by atoms with Crippen molar-refractivity contribution in [1.29, 1.82) is 0 Å². The summed E-state index contributed by atoms with van der Waals surface area (Å²) in [5.41, 5.74) is -0.735. The summed E-state index contributed by atoms with van der Waals surface area (Å²) in [6, 6.07) is 6.03. The van der Waals surface area contributed by atoms with E-state index in [1.54, 1.807) is 55.4 Å². The van der Waals surface area contributed by atoms with Crippen LogP contribution in [0.3, 0.4) is 0 Å². The van der Waals surface area contributed by atoms with Crippen LogP contribution in [0.5, 0.6) is 5.75 Å². The van der Waals surface area contributed by atoms with Gasteiger partial charge < -0.3 is 34.4 Å². The van der Waals surface area contributed by atoms with Gasteiger partial charge in [-0.25, -0.2) is 0 Å². The molecule has 41 heavy (non-hydrogen) atoms. The molecule has 2 fully saturated rings. The summed E-state index contributed by atoms with van der Waals surface area (Å²) in [7, 11) is 1.56. The maximum absolute atomic E-state index is 14.6. The lowest BCUT2D eigenvalue weighted by molar-refractivity contribution is -0.158. The SMILES string of the molecule is COc1ccc(N2C/C=C\CCC(=O)NC[C@@H](C)OC(=O)[C@@H]3[C@@H]4C=C[C@]5(O4)[C@H](C2=O)N(CCCCO)C(=O)[C@@H]35)cc1. The Morgan fingerprint density at radius 1 is 1.10 bits per heavy atom. The van der Waals surface area contributed by atoms with Gasteiger partial charge in [0, 0.05) is 31.8 Å². The van der Waals surface area contributed by atoms with Gasteiger partial charge in [-0.2, -0.15) is 0 Å². The number of carbonyl (C=O) groups is 4. The highest BCUT2D eigenvalue weighted by atomic mass is 16.6. The zero-order valence-corrected chi connectivity index (χ0v) is 23.4. The Balaban J connectivity index is 1.57. The van der Waals surface area contributed by atoms with Crippen LogP contribution in [0.2, 0.25) is 0 Å². The van der Waals surface area contributed by atoms with Gasteiger partial charge in [-0.05, 0) is 50.5 Å². The largest absolute Gasteiger partial charge is 0.497 e. The minimum Gasteiger partial charge on any atom is -0.497 e. The Labute approximate surface area is 239 Å². The highest BCUT2D eigenvalue weighted by Crippen LogP contribution is 2.55. The van der Waals surface area contributed by atoms with Gasteiger partial charge >= 0.3 is 5.97 Å². The van der Waals surface area contributed by atoms with Crippen LogP contribution in [0.4, 0.5) is 5.69 Å². The van der Waals surface area contributed by atoms with Crippen molar-refractivity contribution in [3.05, 3.63) is 48.6 Å². The number of rotatable bonds is 6. The van der Waals surface area contributed by atoms with Crippen LogP contribution in [-0.4, -0.2) is 90.9 Å². The normalized spacial score (nSPS) is 32.6. The number of fused-ring (bicyclic) bond motifs is 2. The summed E-state index contributed by atoms with van der Waals surface area (Å²) >= 11 is 0. The number of anilines is 1. The summed E-state index contributed by atoms with van der Waals surface area (Å²) < 4.78 is 17.4. The van der Waals surface area contributed by atoms with Gasteiger partial charge in [0.15, 0.2) is 0 Å². The van der Waals surface area contributed by atoms with Crippen LogP contribution in [0.1, 0.15) is 32.6 Å². The minimum atomic E-state index is -1.33. The fraction of sp³-hybridized carbons (Fsp3) is 0.533. The van der Waals surface area contributed by atoms with E-state index in [4.69, 9.17) is 14.2 Å². The van der Waals surface area contributed by atoms with Crippen molar-refractivity contribution in [3.63, 3.8) is 0 Å². The zero-order chi connectivity index (χ0) is 29.1. The third-order valence-electron chi connectivity index (χ3n) is 8.23. The first-order valence-corrected chi connectivity index (χ1v) is 14.2. The molecule has 11 nitrogen and oxygen atoms in total. The Morgan fingerprint density at radius 3 is 2.61 bits per heavy atom. The number of aliphatic hydroxyl groups is 1. The molecule has 6 atom stereocenters. The van der Waals surface area contributed by atoms with Crippen molar-refractivity contribution in [3.8, 4) is 5.75 Å². The number of nitrogens with one attached hydrogen (secondary N) is 1. The highest BCUT2D eigenvalue weighted by Gasteiger charge is 2.73. The lowest BCUT2D eigenvalue weighted by atomic mass is 9.74. The Hall–Kier alpha value is -3.70. The van der Waals surface area contributed by atoms with Gasteiger partial charge in [0.05, 0.1) is 25.7 Å². The molecule has 4 heterocycles. The molecule has 11 heteroatoms. The van der Waals surface area contributed by atoms with Gasteiger partial charge in [0.1, 0.15) is 29.4 Å². The van der Waals surface area contributed by atoms with Crippen molar-refractivity contribution in [2.45, 2.75) is 56.5 Å². The third kappa shape index (κ3) is 5.36. The zero-order valence-electron chi connectivity index (χ0n) is 23.4. The third-order valence-corrected chi connectivity index (χ3v) is 8.23. The highest BCUT2D eigenvalue weighted by molar-refractivity contribution is 6.05. The van der Waals surface area contributed by atoms with Gasteiger partial charge in [-0.1, -0.05) is 24.3 Å². The topological polar surface area (TPSA) is 135 Å². The number of unbranched alkanes of at least 4 members (excludes halogenated alkanes) is 1. The van der Waals surface area contributed by atoms with Crippen LogP contribution < -0.4 is 15.0 Å². The van der Waals surface area contributed by atoms with E-state index >= 15 is 0 Å². The predicted octanol–water partition coefficient (Wildman–Crippen LogP) is 1.35. The Kier molecular flexibility index (Phi) is 8.46. The summed E-state index contributed by atoms with van der Waals surface area (Å²) in [5, 5.41) is 12.2. The molecule has 0 aromatic heterocycles. The molecule has 5 bridgehead atoms. The number of cyclic esters (lactones) is 1. The fourth-order valence-corrected chi connectivity index (χ4v) is 6.26. The number of aliphatic hydroxyl groups excluding tert-OH is 1. The van der Waals surface area contributed by atoms with Crippen molar-refractivity contribution in [2.75, 3.05) is 38.3 Å². The predicted molar refractivity (Wildman–Crippen MR) is 148 cm³/mol. The monoisotopic (exact) mass is 567 g/mol. The average molecular weight is 568 g/mol. The maximum atomic E-state index is 14.6. The second-order valence-electron chi connectivity index (χ2n) is 10.9. The molecule has 2 saturated heterocycles. The molecule has 5 rings (SSSR count). The number of nitrogens with zero attached hydrogens (tertiary/aromatic N) is 2. The number of esters is 1. The number of benzene rings is 1. The maximum Gasteiger partial charge on any atom is 0.313 e. The quantitative estimate of drug-likeness (QED) is 0.299. The fourth-order valence-electron chi connectivity index (χ4n) is 6.26. The molecule has 1 aromatic carbocycles. The number of amides is 3. The first-order valence-electron chi connectivity index (χ1n) is 14.2. The van der Waals surface area contributed by atoms with E-state index in [-0.39, 0.29) is 50.4 Å². The van der Waals surface area contributed by atoms with Crippen molar-refractivity contribution >= 4 is 29.4 Å². The number of hydrogen-bond donors (Lipinski definition) is 2. The van der Waals surface area contributed by atoms with E-state index in [0.717, 1.165) is 0 Å². The van der Waals surface area contributed by atoms with E-state index < -0.39 is 41.7 Å². The molecule has 220 valence electrons. The molecule has 4 aliphatic heterocycles. The van der Waals surface area contributed by atoms with Crippen LogP contribution in [0, 0.1) is 11.8 Å². The van der Waals surface area contributed by atoms with Crippen molar-refractivity contribution in [1.82, 2.24) is 10.2 Å². The smallest absolute Gasteiger partial charge is 0.313 e. The molecule has 3 amide bonds. The number of hydrogen-bond acceptors (Lipinski definition) is 8. The average Bonchev–Trinajstić information content (AvgIpc) is 3.61. The molecule has 0 unspecified atom stereocenters. The molecule has 4 aliphatic rings. The van der Waals surface area contributed by atoms with Gasteiger partial charge in [0.2, 0.25) is 11.8 Å². The van der Waals surface area contributed by atoms with Crippen molar-refractivity contribution < 1.29 is 38.5 Å². The van der Waals surface area contributed by atoms with E-state index in [2.05, 4.69) is 5.32 Å². The number of ether oxygens (including phenoxy) is 3. The van der Waals surface area contributed by atoms with Crippen LogP contribution in [0.25, 0.3) is 0 Å². The number of methoxy groups -OCH3 is 1. The van der Waals surface area contributed by atoms with E-state index in [1.165, 1.54) is 4.90 Å². The minimum absolute atomic E-state index is 0.0418. The second kappa shape index (κ2) is 12.0.